The van der Waals surface area contributed by atoms with Gasteiger partial charge < -0.3 is 10.2 Å². The van der Waals surface area contributed by atoms with Crippen LogP contribution in [0.25, 0.3) is 0 Å². The van der Waals surface area contributed by atoms with Crippen LogP contribution in [0.5, 0.6) is 0 Å². The maximum Gasteiger partial charge on any atom is 0.416 e. The van der Waals surface area contributed by atoms with E-state index in [0.717, 1.165) is 38.5 Å². The molecule has 0 saturated carbocycles. The minimum absolute atomic E-state index is 0.0872. The number of likely N-dealkylation sites (tertiary alicyclic amines) is 2. The molecule has 0 aromatic heterocycles. The summed E-state index contributed by atoms with van der Waals surface area (Å²) >= 11 is 0. The Hall–Kier alpha value is -2.75. The van der Waals surface area contributed by atoms with Gasteiger partial charge in [0.25, 0.3) is 0 Å². The molecule has 2 aromatic carbocycles. The molecule has 4 nitrogen and oxygen atoms in total. The first-order valence-corrected chi connectivity index (χ1v) is 11.0. The molecule has 0 atom stereocenters. The Bertz CT molecular complexity index is 1010. The quantitative estimate of drug-likeness (QED) is 0.578. The highest BCUT2D eigenvalue weighted by Crippen LogP contribution is 2.41. The van der Waals surface area contributed by atoms with E-state index in [9.17, 15) is 31.1 Å². The molecule has 2 aliphatic heterocycles. The maximum atomic E-state index is 13.3. The van der Waals surface area contributed by atoms with E-state index in [2.05, 4.69) is 22.3 Å². The number of piperidine rings is 1. The third kappa shape index (κ3) is 5.48. The highest BCUT2D eigenvalue weighted by atomic mass is 19.4. The molecule has 4 rings (SSSR count). The monoisotopic (exact) mass is 485 g/mol. The normalized spacial score (nSPS) is 18.6. The van der Waals surface area contributed by atoms with Crippen LogP contribution in [0, 0.1) is 5.41 Å². The van der Waals surface area contributed by atoms with Crippen molar-refractivity contribution in [1.29, 1.82) is 0 Å². The molecule has 1 spiro atoms. The van der Waals surface area contributed by atoms with Gasteiger partial charge in [-0.3, -0.25) is 4.90 Å². The lowest BCUT2D eigenvalue weighted by Crippen LogP contribution is -2.60. The zero-order chi connectivity index (χ0) is 24.6. The Labute approximate surface area is 193 Å². The second kappa shape index (κ2) is 9.13. The Balaban J connectivity index is 1.29. The molecule has 2 aromatic rings. The van der Waals surface area contributed by atoms with E-state index in [1.54, 1.807) is 4.90 Å². The first-order chi connectivity index (χ1) is 16.0. The van der Waals surface area contributed by atoms with Gasteiger partial charge in [-0.2, -0.15) is 26.3 Å². The number of carbonyl (C=O) groups is 1. The van der Waals surface area contributed by atoms with Crippen LogP contribution in [0.2, 0.25) is 0 Å². The van der Waals surface area contributed by atoms with Crippen LogP contribution in [-0.2, 0) is 25.4 Å². The molecular weight excluding hydrogens is 460 g/mol. The fourth-order valence-electron chi connectivity index (χ4n) is 4.81. The zero-order valence-corrected chi connectivity index (χ0v) is 18.3. The number of nitrogens with zero attached hydrogens (tertiary/aromatic N) is 2. The van der Waals surface area contributed by atoms with Gasteiger partial charge in [-0.15, -0.1) is 0 Å². The molecule has 0 unspecified atom stereocenters. The molecular formula is C24H25F6N3O. The predicted molar refractivity (Wildman–Crippen MR) is 114 cm³/mol. The smallest absolute Gasteiger partial charge is 0.334 e. The highest BCUT2D eigenvalue weighted by Gasteiger charge is 2.45. The van der Waals surface area contributed by atoms with Crippen LogP contribution in [-0.4, -0.2) is 42.0 Å². The third-order valence-electron chi connectivity index (χ3n) is 6.65. The first kappa shape index (κ1) is 24.4. The van der Waals surface area contributed by atoms with E-state index in [0.29, 0.717) is 19.2 Å². The largest absolute Gasteiger partial charge is 0.416 e. The van der Waals surface area contributed by atoms with E-state index in [1.165, 1.54) is 5.56 Å². The second-order valence-electron chi connectivity index (χ2n) is 9.14. The van der Waals surface area contributed by atoms with Crippen molar-refractivity contribution < 1.29 is 31.1 Å². The molecule has 0 radical (unpaired) electrons. The van der Waals surface area contributed by atoms with Crippen molar-refractivity contribution in [2.75, 3.05) is 26.2 Å². The molecule has 1 N–H and O–H groups in total. The number of alkyl halides is 6. The first-order valence-electron chi connectivity index (χ1n) is 11.0. The molecule has 10 heteroatoms. The summed E-state index contributed by atoms with van der Waals surface area (Å²) in [6.45, 7) is 3.24. The van der Waals surface area contributed by atoms with Crippen molar-refractivity contribution in [1.82, 2.24) is 15.1 Å². The fraction of sp³-hybridized carbons (Fsp3) is 0.458. The lowest BCUT2D eigenvalue weighted by atomic mass is 9.72. The van der Waals surface area contributed by atoms with Crippen molar-refractivity contribution >= 4 is 6.03 Å². The molecule has 184 valence electrons. The van der Waals surface area contributed by atoms with Crippen LogP contribution >= 0.6 is 0 Å². The summed E-state index contributed by atoms with van der Waals surface area (Å²) in [6.07, 6.45) is -8.24. The van der Waals surface area contributed by atoms with Crippen LogP contribution in [0.15, 0.2) is 48.5 Å². The summed E-state index contributed by atoms with van der Waals surface area (Å²) in [4.78, 5) is 16.4. The molecule has 2 aliphatic rings. The van der Waals surface area contributed by atoms with Gasteiger partial charge in [0.05, 0.1) is 11.1 Å². The van der Waals surface area contributed by atoms with Gasteiger partial charge in [-0.1, -0.05) is 36.4 Å². The average Bonchev–Trinajstić information content (AvgIpc) is 2.76. The summed E-state index contributed by atoms with van der Waals surface area (Å²) in [5, 5.41) is 2.44. The summed E-state index contributed by atoms with van der Waals surface area (Å²) in [5.41, 5.74) is -1.78. The fourth-order valence-corrected chi connectivity index (χ4v) is 4.81. The third-order valence-corrected chi connectivity index (χ3v) is 6.65. The summed E-state index contributed by atoms with van der Waals surface area (Å²) in [7, 11) is 0. The number of hydrogen-bond acceptors (Lipinski definition) is 2. The van der Waals surface area contributed by atoms with Crippen LogP contribution in [0.1, 0.15) is 35.1 Å². The molecule has 34 heavy (non-hydrogen) atoms. The number of nitrogens with one attached hydrogen (secondary N) is 1. The van der Waals surface area contributed by atoms with Gasteiger partial charge in [-0.05, 0) is 41.5 Å². The Morgan fingerprint density at radius 3 is 2.15 bits per heavy atom. The lowest BCUT2D eigenvalue weighted by Gasteiger charge is -2.54. The van der Waals surface area contributed by atoms with Crippen molar-refractivity contribution in [2.45, 2.75) is 38.3 Å². The minimum Gasteiger partial charge on any atom is -0.334 e. The number of halogens is 6. The van der Waals surface area contributed by atoms with Gasteiger partial charge >= 0.3 is 18.4 Å². The predicted octanol–water partition coefficient (Wildman–Crippen LogP) is 5.53. The second-order valence-corrected chi connectivity index (χ2v) is 9.14. The molecule has 2 amide bonds. The number of benzene rings is 2. The van der Waals surface area contributed by atoms with Gasteiger partial charge in [0.15, 0.2) is 0 Å². The minimum atomic E-state index is -4.96. The van der Waals surface area contributed by atoms with E-state index in [-0.39, 0.29) is 11.5 Å². The molecule has 2 fully saturated rings. The van der Waals surface area contributed by atoms with Crippen molar-refractivity contribution in [2.24, 2.45) is 5.41 Å². The Morgan fingerprint density at radius 1 is 0.912 bits per heavy atom. The van der Waals surface area contributed by atoms with Crippen molar-refractivity contribution in [3.63, 3.8) is 0 Å². The SMILES string of the molecule is O=C(NCc1ccc(C(F)(F)F)cc1C(F)(F)F)N1CCC2(CC1)CN(Cc1ccccc1)C2. The number of hydrogen-bond donors (Lipinski definition) is 1. The van der Waals surface area contributed by atoms with Crippen LogP contribution in [0.4, 0.5) is 31.1 Å². The van der Waals surface area contributed by atoms with Crippen LogP contribution < -0.4 is 5.32 Å². The van der Waals surface area contributed by atoms with E-state index < -0.39 is 41.6 Å². The van der Waals surface area contributed by atoms with Crippen molar-refractivity contribution in [3.05, 3.63) is 70.8 Å². The van der Waals surface area contributed by atoms with Gasteiger partial charge in [0.1, 0.15) is 0 Å². The number of urea groups is 1. The summed E-state index contributed by atoms with van der Waals surface area (Å²) in [5.74, 6) is 0. The number of rotatable bonds is 4. The molecule has 0 aliphatic carbocycles. The molecule has 0 bridgehead atoms. The highest BCUT2D eigenvalue weighted by molar-refractivity contribution is 5.74. The summed E-state index contributed by atoms with van der Waals surface area (Å²) < 4.78 is 78.4. The van der Waals surface area contributed by atoms with E-state index >= 15 is 0 Å². The molecule has 2 saturated heterocycles. The standard InChI is InChI=1S/C24H25F6N3O/c25-23(26,27)19-7-6-18(20(12-19)24(28,29)30)13-31-21(34)33-10-8-22(9-11-33)15-32(16-22)14-17-4-2-1-3-5-17/h1-7,12H,8-11,13-16H2,(H,31,34). The van der Waals surface area contributed by atoms with E-state index in [1.807, 2.05) is 18.2 Å². The van der Waals surface area contributed by atoms with Crippen molar-refractivity contribution in [3.8, 4) is 0 Å². The lowest BCUT2D eigenvalue weighted by molar-refractivity contribution is -0.143. The average molecular weight is 485 g/mol. The van der Waals surface area contributed by atoms with Gasteiger partial charge in [0.2, 0.25) is 0 Å². The Kier molecular flexibility index (Phi) is 6.54. The summed E-state index contributed by atoms with van der Waals surface area (Å²) in [6, 6.07) is 11.1. The molecule has 2 heterocycles. The topological polar surface area (TPSA) is 35.6 Å². The van der Waals surface area contributed by atoms with Gasteiger partial charge in [-0.25, -0.2) is 4.79 Å². The van der Waals surface area contributed by atoms with Crippen LogP contribution in [0.3, 0.4) is 0 Å². The van der Waals surface area contributed by atoms with Gasteiger partial charge in [0, 0.05) is 39.3 Å². The zero-order valence-electron chi connectivity index (χ0n) is 18.3. The number of amides is 2. The Morgan fingerprint density at radius 2 is 1.56 bits per heavy atom. The van der Waals surface area contributed by atoms with E-state index in [4.69, 9.17) is 0 Å². The maximum absolute atomic E-state index is 13.3. The number of carbonyl (C=O) groups excluding carboxylic acids is 1.